The van der Waals surface area contributed by atoms with Crippen LogP contribution in [0.4, 0.5) is 5.88 Å². The Bertz CT molecular complexity index is 649. The van der Waals surface area contributed by atoms with Crippen molar-refractivity contribution in [1.82, 2.24) is 0 Å². The summed E-state index contributed by atoms with van der Waals surface area (Å²) in [5, 5.41) is 10.5. The first-order valence-electron chi connectivity index (χ1n) is 5.15. The summed E-state index contributed by atoms with van der Waals surface area (Å²) >= 11 is 2.06. The van der Waals surface area contributed by atoms with Gasteiger partial charge in [-0.25, -0.2) is 0 Å². The van der Waals surface area contributed by atoms with Crippen molar-refractivity contribution in [3.8, 4) is 5.75 Å². The lowest BCUT2D eigenvalue weighted by atomic mass is 10.1. The standard InChI is InChI=1S/C12H8INO5/c1-18-9-3-2-7(13)6-8(9)12(15)10-4-5-11(19-10)14(16)17/h2-6H,1H3. The molecule has 7 heteroatoms. The Morgan fingerprint density at radius 1 is 1.37 bits per heavy atom. The average molecular weight is 373 g/mol. The van der Waals surface area contributed by atoms with E-state index in [1.54, 1.807) is 18.2 Å². The first-order chi connectivity index (χ1) is 9.02. The van der Waals surface area contributed by atoms with E-state index in [0.717, 1.165) is 9.64 Å². The molecule has 0 radical (unpaired) electrons. The number of ether oxygens (including phenoxy) is 1. The zero-order chi connectivity index (χ0) is 14.0. The van der Waals surface area contributed by atoms with Crippen LogP contribution < -0.4 is 4.74 Å². The van der Waals surface area contributed by atoms with Crippen LogP contribution in [0.3, 0.4) is 0 Å². The molecule has 0 aliphatic heterocycles. The van der Waals surface area contributed by atoms with Crippen LogP contribution in [-0.2, 0) is 0 Å². The minimum absolute atomic E-state index is 0.0907. The summed E-state index contributed by atoms with van der Waals surface area (Å²) in [6, 6.07) is 7.51. The number of carbonyl (C=O) groups excluding carboxylic acids is 1. The minimum Gasteiger partial charge on any atom is -0.496 e. The molecule has 0 bridgehead atoms. The highest BCUT2D eigenvalue weighted by Crippen LogP contribution is 2.26. The van der Waals surface area contributed by atoms with Gasteiger partial charge in [0.15, 0.2) is 5.76 Å². The van der Waals surface area contributed by atoms with Crippen LogP contribution in [0.25, 0.3) is 0 Å². The molecule has 0 saturated heterocycles. The predicted octanol–water partition coefficient (Wildman–Crippen LogP) is 3.03. The lowest BCUT2D eigenvalue weighted by molar-refractivity contribution is -0.402. The fraction of sp³-hybridized carbons (Fsp3) is 0.0833. The third-order valence-electron chi connectivity index (χ3n) is 2.40. The topological polar surface area (TPSA) is 82.6 Å². The molecule has 0 N–H and O–H groups in total. The Labute approximate surface area is 121 Å². The van der Waals surface area contributed by atoms with Crippen LogP contribution in [-0.4, -0.2) is 17.8 Å². The van der Waals surface area contributed by atoms with Crippen molar-refractivity contribution in [2.24, 2.45) is 0 Å². The van der Waals surface area contributed by atoms with Gasteiger partial charge in [0.2, 0.25) is 5.78 Å². The molecule has 2 rings (SSSR count). The number of hydrogen-bond acceptors (Lipinski definition) is 5. The molecule has 1 aromatic heterocycles. The zero-order valence-corrected chi connectivity index (χ0v) is 11.9. The van der Waals surface area contributed by atoms with Gasteiger partial charge in [0.1, 0.15) is 10.7 Å². The van der Waals surface area contributed by atoms with E-state index in [9.17, 15) is 14.9 Å². The molecule has 0 spiro atoms. The number of methoxy groups -OCH3 is 1. The quantitative estimate of drug-likeness (QED) is 0.356. The van der Waals surface area contributed by atoms with E-state index in [0.29, 0.717) is 11.3 Å². The fourth-order valence-electron chi connectivity index (χ4n) is 1.54. The molecule has 1 aromatic carbocycles. The number of nitro groups is 1. The number of hydrogen-bond donors (Lipinski definition) is 0. The fourth-order valence-corrected chi connectivity index (χ4v) is 2.03. The summed E-state index contributed by atoms with van der Waals surface area (Å²) in [4.78, 5) is 22.0. The van der Waals surface area contributed by atoms with Crippen molar-refractivity contribution in [1.29, 1.82) is 0 Å². The Morgan fingerprint density at radius 2 is 2.11 bits per heavy atom. The third kappa shape index (κ3) is 2.75. The first kappa shape index (κ1) is 13.5. The smallest absolute Gasteiger partial charge is 0.433 e. The minimum atomic E-state index is -0.692. The van der Waals surface area contributed by atoms with Gasteiger partial charge in [0.05, 0.1) is 18.7 Å². The van der Waals surface area contributed by atoms with E-state index in [1.165, 1.54) is 13.2 Å². The summed E-state index contributed by atoms with van der Waals surface area (Å²) in [5.41, 5.74) is 0.304. The molecule has 6 nitrogen and oxygen atoms in total. The van der Waals surface area contributed by atoms with Gasteiger partial charge in [-0.15, -0.1) is 0 Å². The first-order valence-corrected chi connectivity index (χ1v) is 6.23. The molecule has 0 saturated carbocycles. The Balaban J connectivity index is 2.43. The molecule has 1 heterocycles. The molecule has 0 fully saturated rings. The van der Waals surface area contributed by atoms with Gasteiger partial charge < -0.3 is 9.15 Å². The molecular weight excluding hydrogens is 365 g/mol. The van der Waals surface area contributed by atoms with Gasteiger partial charge in [-0.3, -0.25) is 14.9 Å². The van der Waals surface area contributed by atoms with E-state index in [1.807, 2.05) is 0 Å². The van der Waals surface area contributed by atoms with Crippen LogP contribution in [0.15, 0.2) is 34.7 Å². The summed E-state index contributed by atoms with van der Waals surface area (Å²) in [6.45, 7) is 0. The average Bonchev–Trinajstić information content (AvgIpc) is 2.87. The van der Waals surface area contributed by atoms with Gasteiger partial charge in [-0.1, -0.05) is 0 Å². The number of nitrogens with zero attached hydrogens (tertiary/aromatic N) is 1. The number of benzene rings is 1. The number of furan rings is 1. The van der Waals surface area contributed by atoms with E-state index in [-0.39, 0.29) is 5.76 Å². The second-order valence-electron chi connectivity index (χ2n) is 3.57. The van der Waals surface area contributed by atoms with Crippen LogP contribution in [0.5, 0.6) is 5.75 Å². The largest absolute Gasteiger partial charge is 0.496 e. The lowest BCUT2D eigenvalue weighted by Gasteiger charge is -2.06. The second-order valence-corrected chi connectivity index (χ2v) is 4.81. The van der Waals surface area contributed by atoms with Crippen molar-refractivity contribution in [3.63, 3.8) is 0 Å². The van der Waals surface area contributed by atoms with E-state index < -0.39 is 16.6 Å². The maximum Gasteiger partial charge on any atom is 0.433 e. The summed E-state index contributed by atoms with van der Waals surface area (Å²) in [5.74, 6) is -0.618. The van der Waals surface area contributed by atoms with E-state index in [4.69, 9.17) is 9.15 Å². The van der Waals surface area contributed by atoms with Crippen molar-refractivity contribution in [2.75, 3.05) is 7.11 Å². The summed E-state index contributed by atoms with van der Waals surface area (Å²) in [7, 11) is 1.45. The van der Waals surface area contributed by atoms with E-state index in [2.05, 4.69) is 22.6 Å². The van der Waals surface area contributed by atoms with E-state index >= 15 is 0 Å². The van der Waals surface area contributed by atoms with Crippen molar-refractivity contribution in [3.05, 3.63) is 55.3 Å². The molecule has 0 aliphatic rings. The Morgan fingerprint density at radius 3 is 2.68 bits per heavy atom. The van der Waals surface area contributed by atoms with Crippen LogP contribution in [0, 0.1) is 13.7 Å². The van der Waals surface area contributed by atoms with Crippen molar-refractivity contribution >= 4 is 34.3 Å². The Hall–Kier alpha value is -1.90. The van der Waals surface area contributed by atoms with Gasteiger partial charge in [-0.05, 0) is 46.9 Å². The zero-order valence-electron chi connectivity index (χ0n) is 9.75. The molecule has 0 amide bonds. The molecule has 2 aromatic rings. The molecule has 19 heavy (non-hydrogen) atoms. The highest BCUT2D eigenvalue weighted by Gasteiger charge is 2.21. The number of ketones is 1. The van der Waals surface area contributed by atoms with Gasteiger partial charge >= 0.3 is 5.88 Å². The Kier molecular flexibility index (Phi) is 3.84. The van der Waals surface area contributed by atoms with Crippen molar-refractivity contribution in [2.45, 2.75) is 0 Å². The number of rotatable bonds is 4. The summed E-state index contributed by atoms with van der Waals surface area (Å²) in [6.07, 6.45) is 0. The molecule has 0 atom stereocenters. The molecule has 98 valence electrons. The highest BCUT2D eigenvalue weighted by atomic mass is 127. The normalized spacial score (nSPS) is 10.2. The van der Waals surface area contributed by atoms with Crippen molar-refractivity contribution < 1.29 is 18.9 Å². The maximum atomic E-state index is 12.2. The highest BCUT2D eigenvalue weighted by molar-refractivity contribution is 14.1. The maximum absolute atomic E-state index is 12.2. The monoisotopic (exact) mass is 373 g/mol. The van der Waals surface area contributed by atoms with Crippen LogP contribution in [0.1, 0.15) is 16.1 Å². The molecular formula is C12H8INO5. The number of halogens is 1. The number of carbonyl (C=O) groups is 1. The van der Waals surface area contributed by atoms with Gasteiger partial charge in [-0.2, -0.15) is 0 Å². The molecule has 0 unspecified atom stereocenters. The summed E-state index contributed by atoms with van der Waals surface area (Å²) < 4.78 is 10.8. The lowest BCUT2D eigenvalue weighted by Crippen LogP contribution is -2.03. The predicted molar refractivity (Wildman–Crippen MR) is 74.5 cm³/mol. The van der Waals surface area contributed by atoms with Gasteiger partial charge in [0.25, 0.3) is 0 Å². The van der Waals surface area contributed by atoms with Crippen LogP contribution in [0.2, 0.25) is 0 Å². The van der Waals surface area contributed by atoms with Crippen LogP contribution >= 0.6 is 22.6 Å². The molecule has 0 aliphatic carbocycles. The SMILES string of the molecule is COc1ccc(I)cc1C(=O)c1ccc([N+](=O)[O-])o1. The van der Waals surface area contributed by atoms with Gasteiger partial charge in [0, 0.05) is 3.57 Å². The third-order valence-corrected chi connectivity index (χ3v) is 3.07. The second kappa shape index (κ2) is 5.39.